The van der Waals surface area contributed by atoms with Crippen LogP contribution in [0.2, 0.25) is 0 Å². The Labute approximate surface area is 167 Å². The average molecular weight is 403 g/mol. The number of pyridine rings is 1. The first kappa shape index (κ1) is 21.2. The van der Waals surface area contributed by atoms with Gasteiger partial charge in [0, 0.05) is 38.6 Å². The Balaban J connectivity index is 0.00000121. The molecule has 4 rings (SSSR count). The maximum Gasteiger partial charge on any atom is 0.272 e. The first-order chi connectivity index (χ1) is 11.6. The Bertz CT molecular complexity index is 656. The van der Waals surface area contributed by atoms with Gasteiger partial charge in [-0.1, -0.05) is 6.07 Å². The standard InChI is InChI=1S/C18H26N4O2.2ClH/c1-21-10-6-13-3-4-14(20-16(13)21)17(24)22-9-2-7-18(12-22)11-19-8-5-15(18)23;;/h3-4,15,19,23H,2,5-12H2,1H3;2*1H/t15-,18-;;/m0../s1. The van der Waals surface area contributed by atoms with Crippen molar-refractivity contribution in [1.29, 1.82) is 0 Å². The summed E-state index contributed by atoms with van der Waals surface area (Å²) in [5, 5.41) is 13.9. The van der Waals surface area contributed by atoms with Crippen LogP contribution in [0.3, 0.4) is 0 Å². The number of carbonyl (C=O) groups is 1. The maximum absolute atomic E-state index is 13.0. The number of likely N-dealkylation sites (tertiary alicyclic amines) is 1. The van der Waals surface area contributed by atoms with Crippen LogP contribution in [0.4, 0.5) is 5.82 Å². The highest BCUT2D eigenvalue weighted by atomic mass is 35.5. The van der Waals surface area contributed by atoms with Gasteiger partial charge in [-0.25, -0.2) is 4.98 Å². The van der Waals surface area contributed by atoms with Gasteiger partial charge in [-0.2, -0.15) is 0 Å². The maximum atomic E-state index is 13.0. The fraction of sp³-hybridized carbons (Fsp3) is 0.667. The number of piperidine rings is 2. The number of hydrogen-bond acceptors (Lipinski definition) is 5. The van der Waals surface area contributed by atoms with Crippen LogP contribution in [0.15, 0.2) is 12.1 Å². The number of aliphatic hydroxyl groups is 1. The molecular weight excluding hydrogens is 375 g/mol. The molecule has 1 aromatic heterocycles. The highest BCUT2D eigenvalue weighted by molar-refractivity contribution is 5.93. The summed E-state index contributed by atoms with van der Waals surface area (Å²) in [5.41, 5.74) is 1.55. The van der Waals surface area contributed by atoms with Crippen molar-refractivity contribution in [3.8, 4) is 0 Å². The van der Waals surface area contributed by atoms with E-state index in [2.05, 4.69) is 15.2 Å². The summed E-state index contributed by atoms with van der Waals surface area (Å²) in [7, 11) is 2.02. The summed E-state index contributed by atoms with van der Waals surface area (Å²) >= 11 is 0. The molecule has 6 nitrogen and oxygen atoms in total. The number of nitrogens with zero attached hydrogens (tertiary/aromatic N) is 3. The molecule has 146 valence electrons. The van der Waals surface area contributed by atoms with Crippen molar-refractivity contribution in [2.45, 2.75) is 31.8 Å². The second kappa shape index (κ2) is 8.30. The Morgan fingerprint density at radius 3 is 2.92 bits per heavy atom. The van der Waals surface area contributed by atoms with E-state index in [0.29, 0.717) is 12.2 Å². The minimum Gasteiger partial charge on any atom is -0.392 e. The minimum absolute atomic E-state index is 0. The molecule has 4 heterocycles. The van der Waals surface area contributed by atoms with E-state index in [-0.39, 0.29) is 42.2 Å². The normalized spacial score (nSPS) is 27.5. The zero-order valence-corrected chi connectivity index (χ0v) is 16.7. The number of fused-ring (bicyclic) bond motifs is 1. The van der Waals surface area contributed by atoms with Crippen LogP contribution in [-0.2, 0) is 6.42 Å². The smallest absolute Gasteiger partial charge is 0.272 e. The number of carbonyl (C=O) groups excluding carboxylic acids is 1. The van der Waals surface area contributed by atoms with Crippen LogP contribution < -0.4 is 10.2 Å². The van der Waals surface area contributed by atoms with Gasteiger partial charge < -0.3 is 20.2 Å². The average Bonchev–Trinajstić information content (AvgIpc) is 2.98. The molecule has 1 spiro atoms. The molecule has 8 heteroatoms. The van der Waals surface area contributed by atoms with E-state index in [1.807, 2.05) is 24.1 Å². The van der Waals surface area contributed by atoms with Crippen LogP contribution in [0.25, 0.3) is 0 Å². The predicted octanol–water partition coefficient (Wildman–Crippen LogP) is 1.49. The number of aromatic nitrogens is 1. The Morgan fingerprint density at radius 1 is 1.35 bits per heavy atom. The molecular formula is C18H28Cl2N4O2. The molecule has 26 heavy (non-hydrogen) atoms. The van der Waals surface area contributed by atoms with E-state index < -0.39 is 0 Å². The van der Waals surface area contributed by atoms with Gasteiger partial charge in [-0.3, -0.25) is 4.79 Å². The minimum atomic E-state index is -0.325. The molecule has 0 unspecified atom stereocenters. The second-order valence-corrected chi connectivity index (χ2v) is 7.52. The summed E-state index contributed by atoms with van der Waals surface area (Å²) in [6.07, 6.45) is 3.36. The molecule has 0 aliphatic carbocycles. The number of rotatable bonds is 1. The number of amides is 1. The molecule has 3 aliphatic rings. The third kappa shape index (κ3) is 3.65. The fourth-order valence-electron chi connectivity index (χ4n) is 4.43. The highest BCUT2D eigenvalue weighted by Crippen LogP contribution is 2.36. The molecule has 2 atom stereocenters. The van der Waals surface area contributed by atoms with Crippen LogP contribution in [-0.4, -0.2) is 66.8 Å². The molecule has 2 N–H and O–H groups in total. The fourth-order valence-corrected chi connectivity index (χ4v) is 4.43. The van der Waals surface area contributed by atoms with Gasteiger partial charge in [0.1, 0.15) is 11.5 Å². The lowest BCUT2D eigenvalue weighted by molar-refractivity contribution is -0.0434. The molecule has 1 aromatic rings. The van der Waals surface area contributed by atoms with Crippen molar-refractivity contribution in [3.63, 3.8) is 0 Å². The lowest BCUT2D eigenvalue weighted by Crippen LogP contribution is -2.58. The van der Waals surface area contributed by atoms with Gasteiger partial charge in [-0.05, 0) is 43.9 Å². The molecule has 0 saturated carbocycles. The van der Waals surface area contributed by atoms with E-state index >= 15 is 0 Å². The molecule has 2 saturated heterocycles. The van der Waals surface area contributed by atoms with Crippen molar-refractivity contribution >= 4 is 36.5 Å². The summed E-state index contributed by atoms with van der Waals surface area (Å²) in [5.74, 6) is 0.932. The van der Waals surface area contributed by atoms with Crippen molar-refractivity contribution in [2.24, 2.45) is 5.41 Å². The first-order valence-corrected chi connectivity index (χ1v) is 8.98. The van der Waals surface area contributed by atoms with Gasteiger partial charge in [0.2, 0.25) is 0 Å². The summed E-state index contributed by atoms with van der Waals surface area (Å²) < 4.78 is 0. The van der Waals surface area contributed by atoms with Gasteiger partial charge in [-0.15, -0.1) is 24.8 Å². The lowest BCUT2D eigenvalue weighted by Gasteiger charge is -2.48. The zero-order valence-electron chi connectivity index (χ0n) is 15.1. The van der Waals surface area contributed by atoms with E-state index in [1.54, 1.807) is 0 Å². The largest absolute Gasteiger partial charge is 0.392 e. The third-order valence-corrected chi connectivity index (χ3v) is 5.93. The number of halogens is 2. The number of nitrogens with one attached hydrogen (secondary N) is 1. The molecule has 0 aromatic carbocycles. The first-order valence-electron chi connectivity index (χ1n) is 8.98. The van der Waals surface area contributed by atoms with Crippen LogP contribution in [0.1, 0.15) is 35.3 Å². The van der Waals surface area contributed by atoms with Crippen molar-refractivity contribution in [1.82, 2.24) is 15.2 Å². The summed E-state index contributed by atoms with van der Waals surface area (Å²) in [4.78, 5) is 21.6. The number of likely N-dealkylation sites (N-methyl/N-ethyl adjacent to an activating group) is 1. The van der Waals surface area contributed by atoms with Gasteiger partial charge in [0.25, 0.3) is 5.91 Å². The Morgan fingerprint density at radius 2 is 2.15 bits per heavy atom. The number of anilines is 1. The lowest BCUT2D eigenvalue weighted by atomic mass is 9.72. The third-order valence-electron chi connectivity index (χ3n) is 5.93. The summed E-state index contributed by atoms with van der Waals surface area (Å²) in [6.45, 7) is 3.98. The van der Waals surface area contributed by atoms with Crippen molar-refractivity contribution in [3.05, 3.63) is 23.4 Å². The van der Waals surface area contributed by atoms with Crippen molar-refractivity contribution < 1.29 is 9.90 Å². The second-order valence-electron chi connectivity index (χ2n) is 7.52. The van der Waals surface area contributed by atoms with E-state index in [9.17, 15) is 9.90 Å². The van der Waals surface area contributed by atoms with Crippen LogP contribution in [0, 0.1) is 5.41 Å². The van der Waals surface area contributed by atoms with Gasteiger partial charge in [0.15, 0.2) is 0 Å². The molecule has 0 radical (unpaired) electrons. The molecule has 2 fully saturated rings. The van der Waals surface area contributed by atoms with Crippen LogP contribution in [0.5, 0.6) is 0 Å². The Kier molecular flexibility index (Phi) is 6.77. The van der Waals surface area contributed by atoms with Crippen molar-refractivity contribution in [2.75, 3.05) is 44.7 Å². The van der Waals surface area contributed by atoms with Crippen LogP contribution >= 0.6 is 24.8 Å². The van der Waals surface area contributed by atoms with Gasteiger partial charge >= 0.3 is 0 Å². The summed E-state index contributed by atoms with van der Waals surface area (Å²) in [6, 6.07) is 3.90. The molecule has 0 bridgehead atoms. The van der Waals surface area contributed by atoms with E-state index in [1.165, 1.54) is 5.56 Å². The Hall–Kier alpha value is -1.08. The molecule has 1 amide bonds. The van der Waals surface area contributed by atoms with Gasteiger partial charge in [0.05, 0.1) is 6.10 Å². The SMILES string of the molecule is CN1CCc2ccc(C(=O)N3CCC[C@]4(CNCC[C@@H]4O)C3)nc21.Cl.Cl. The zero-order chi connectivity index (χ0) is 16.7. The van der Waals surface area contributed by atoms with E-state index in [4.69, 9.17) is 0 Å². The highest BCUT2D eigenvalue weighted by Gasteiger charge is 2.44. The topological polar surface area (TPSA) is 68.7 Å². The monoisotopic (exact) mass is 402 g/mol. The molecule has 3 aliphatic heterocycles. The predicted molar refractivity (Wildman–Crippen MR) is 107 cm³/mol. The number of hydrogen-bond donors (Lipinski definition) is 2. The van der Waals surface area contributed by atoms with E-state index in [0.717, 1.165) is 57.7 Å². The number of aliphatic hydroxyl groups excluding tert-OH is 1. The quantitative estimate of drug-likeness (QED) is 0.744.